The maximum absolute atomic E-state index is 11.7. The van der Waals surface area contributed by atoms with Crippen LogP contribution in [0.2, 0.25) is 0 Å². The second-order valence-electron chi connectivity index (χ2n) is 4.56. The van der Waals surface area contributed by atoms with E-state index in [1.165, 1.54) is 12.8 Å². The van der Waals surface area contributed by atoms with Crippen LogP contribution in [0.3, 0.4) is 0 Å². The molecule has 0 spiro atoms. The summed E-state index contributed by atoms with van der Waals surface area (Å²) in [7, 11) is 0. The minimum absolute atomic E-state index is 0.152. The molecule has 1 N–H and O–H groups in total. The molecular formula is C11H17NO3. The predicted octanol–water partition coefficient (Wildman–Crippen LogP) is 1.25. The van der Waals surface area contributed by atoms with Crippen LogP contribution in [-0.2, 0) is 9.59 Å². The smallest absolute Gasteiger partial charge is 0.308 e. The largest absolute Gasteiger partial charge is 0.481 e. The van der Waals surface area contributed by atoms with E-state index in [9.17, 15) is 9.59 Å². The SMILES string of the molecule is O=C(O)[C@@H]1CCC(=O)N(C2CCCC2)C1. The monoisotopic (exact) mass is 211 g/mol. The van der Waals surface area contributed by atoms with Crippen molar-refractivity contribution >= 4 is 11.9 Å². The van der Waals surface area contributed by atoms with Crippen molar-refractivity contribution in [3.63, 3.8) is 0 Å². The van der Waals surface area contributed by atoms with E-state index >= 15 is 0 Å². The summed E-state index contributed by atoms with van der Waals surface area (Å²) in [6.45, 7) is 0.429. The van der Waals surface area contributed by atoms with Crippen LogP contribution < -0.4 is 0 Å². The van der Waals surface area contributed by atoms with E-state index < -0.39 is 5.97 Å². The van der Waals surface area contributed by atoms with Gasteiger partial charge in [-0.25, -0.2) is 0 Å². The Kier molecular flexibility index (Phi) is 2.93. The Morgan fingerprint density at radius 1 is 1.27 bits per heavy atom. The number of carbonyl (C=O) groups is 2. The molecule has 2 fully saturated rings. The molecular weight excluding hydrogens is 194 g/mol. The maximum atomic E-state index is 11.7. The van der Waals surface area contributed by atoms with Crippen molar-refractivity contribution in [3.8, 4) is 0 Å². The Labute approximate surface area is 89.3 Å². The molecule has 0 radical (unpaired) electrons. The Balaban J connectivity index is 2.01. The van der Waals surface area contributed by atoms with E-state index in [4.69, 9.17) is 5.11 Å². The summed E-state index contributed by atoms with van der Waals surface area (Å²) >= 11 is 0. The van der Waals surface area contributed by atoms with Gasteiger partial charge in [0.1, 0.15) is 0 Å². The average molecular weight is 211 g/mol. The van der Waals surface area contributed by atoms with E-state index in [1.807, 2.05) is 4.90 Å². The fraction of sp³-hybridized carbons (Fsp3) is 0.818. The van der Waals surface area contributed by atoms with E-state index in [0.29, 0.717) is 25.4 Å². The lowest BCUT2D eigenvalue weighted by Gasteiger charge is -2.35. The predicted molar refractivity (Wildman–Crippen MR) is 54.3 cm³/mol. The van der Waals surface area contributed by atoms with Gasteiger partial charge in [-0.15, -0.1) is 0 Å². The molecule has 0 aromatic rings. The fourth-order valence-corrected chi connectivity index (χ4v) is 2.64. The summed E-state index contributed by atoms with van der Waals surface area (Å²) in [4.78, 5) is 24.4. The molecule has 4 nitrogen and oxygen atoms in total. The third-order valence-electron chi connectivity index (χ3n) is 3.56. The van der Waals surface area contributed by atoms with Crippen LogP contribution in [0.15, 0.2) is 0 Å². The molecule has 84 valence electrons. The van der Waals surface area contributed by atoms with Gasteiger partial charge in [0.05, 0.1) is 5.92 Å². The molecule has 4 heteroatoms. The van der Waals surface area contributed by atoms with Crippen molar-refractivity contribution in [1.29, 1.82) is 0 Å². The zero-order chi connectivity index (χ0) is 10.8. The molecule has 0 bridgehead atoms. The first kappa shape index (κ1) is 10.5. The molecule has 2 aliphatic rings. The molecule has 0 unspecified atom stereocenters. The van der Waals surface area contributed by atoms with Crippen molar-refractivity contribution in [2.45, 2.75) is 44.6 Å². The van der Waals surface area contributed by atoms with Gasteiger partial charge in [0.25, 0.3) is 0 Å². The lowest BCUT2D eigenvalue weighted by Crippen LogP contribution is -2.47. The van der Waals surface area contributed by atoms with E-state index in [2.05, 4.69) is 0 Å². The molecule has 0 aromatic carbocycles. The lowest BCUT2D eigenvalue weighted by atomic mass is 9.96. The van der Waals surface area contributed by atoms with Gasteiger partial charge in [-0.05, 0) is 19.3 Å². The van der Waals surface area contributed by atoms with Crippen LogP contribution in [-0.4, -0.2) is 34.5 Å². The van der Waals surface area contributed by atoms with E-state index in [0.717, 1.165) is 12.8 Å². The number of amides is 1. The van der Waals surface area contributed by atoms with Gasteiger partial charge in [0, 0.05) is 19.0 Å². The molecule has 1 atom stereocenters. The summed E-state index contributed by atoms with van der Waals surface area (Å²) in [6, 6.07) is 0.319. The standard InChI is InChI=1S/C11H17NO3/c13-10-6-5-8(11(14)15)7-12(10)9-3-1-2-4-9/h8-9H,1-7H2,(H,14,15)/t8-/m1/s1. The van der Waals surface area contributed by atoms with Crippen LogP contribution in [0.1, 0.15) is 38.5 Å². The molecule has 1 saturated carbocycles. The summed E-state index contributed by atoms with van der Waals surface area (Å²) in [6.07, 6.45) is 5.37. The number of likely N-dealkylation sites (tertiary alicyclic amines) is 1. The Morgan fingerprint density at radius 2 is 1.93 bits per heavy atom. The highest BCUT2D eigenvalue weighted by Crippen LogP contribution is 2.28. The van der Waals surface area contributed by atoms with Crippen molar-refractivity contribution < 1.29 is 14.7 Å². The van der Waals surface area contributed by atoms with Crippen molar-refractivity contribution in [1.82, 2.24) is 4.90 Å². The molecule has 15 heavy (non-hydrogen) atoms. The first-order valence-corrected chi connectivity index (χ1v) is 5.71. The zero-order valence-corrected chi connectivity index (χ0v) is 8.82. The van der Waals surface area contributed by atoms with Crippen molar-refractivity contribution in [2.75, 3.05) is 6.54 Å². The number of aliphatic carboxylic acids is 1. The molecule has 2 rings (SSSR count). The first-order chi connectivity index (χ1) is 7.18. The quantitative estimate of drug-likeness (QED) is 0.748. The fourth-order valence-electron chi connectivity index (χ4n) is 2.64. The molecule has 1 heterocycles. The number of carbonyl (C=O) groups excluding carboxylic acids is 1. The Bertz CT molecular complexity index is 271. The van der Waals surface area contributed by atoms with Gasteiger partial charge >= 0.3 is 5.97 Å². The van der Waals surface area contributed by atoms with Crippen molar-refractivity contribution in [2.24, 2.45) is 5.92 Å². The Hall–Kier alpha value is -1.06. The second-order valence-corrected chi connectivity index (χ2v) is 4.56. The van der Waals surface area contributed by atoms with E-state index in [-0.39, 0.29) is 11.8 Å². The summed E-state index contributed by atoms with van der Waals surface area (Å²) < 4.78 is 0. The molecule has 1 saturated heterocycles. The number of carboxylic acid groups (broad SMARTS) is 1. The summed E-state index contributed by atoms with van der Waals surface area (Å²) in [5.74, 6) is -0.951. The number of hydrogen-bond acceptors (Lipinski definition) is 2. The van der Waals surface area contributed by atoms with Gasteiger partial charge in [0.2, 0.25) is 5.91 Å². The third-order valence-corrected chi connectivity index (χ3v) is 3.56. The van der Waals surface area contributed by atoms with Crippen LogP contribution >= 0.6 is 0 Å². The number of nitrogens with zero attached hydrogens (tertiary/aromatic N) is 1. The summed E-state index contributed by atoms with van der Waals surface area (Å²) in [5.41, 5.74) is 0. The van der Waals surface area contributed by atoms with Crippen molar-refractivity contribution in [3.05, 3.63) is 0 Å². The number of piperidine rings is 1. The molecule has 0 aromatic heterocycles. The van der Waals surface area contributed by atoms with Gasteiger partial charge in [-0.3, -0.25) is 9.59 Å². The third kappa shape index (κ3) is 2.13. The minimum Gasteiger partial charge on any atom is -0.481 e. The topological polar surface area (TPSA) is 57.6 Å². The van der Waals surface area contributed by atoms with Gasteiger partial charge in [0.15, 0.2) is 0 Å². The maximum Gasteiger partial charge on any atom is 0.308 e. The first-order valence-electron chi connectivity index (χ1n) is 5.71. The van der Waals surface area contributed by atoms with Crippen LogP contribution in [0.4, 0.5) is 0 Å². The van der Waals surface area contributed by atoms with Crippen LogP contribution in [0, 0.1) is 5.92 Å². The minimum atomic E-state index is -0.759. The van der Waals surface area contributed by atoms with Gasteiger partial charge in [-0.2, -0.15) is 0 Å². The van der Waals surface area contributed by atoms with E-state index in [1.54, 1.807) is 0 Å². The highest BCUT2D eigenvalue weighted by Gasteiger charge is 2.34. The number of hydrogen-bond donors (Lipinski definition) is 1. The molecule has 1 aliphatic carbocycles. The average Bonchev–Trinajstić information content (AvgIpc) is 2.71. The second kappa shape index (κ2) is 4.21. The number of carboxylic acids is 1. The molecule has 1 aliphatic heterocycles. The normalized spacial score (nSPS) is 28.4. The van der Waals surface area contributed by atoms with Crippen LogP contribution in [0.5, 0.6) is 0 Å². The Morgan fingerprint density at radius 3 is 2.53 bits per heavy atom. The lowest BCUT2D eigenvalue weighted by molar-refractivity contribution is -0.148. The van der Waals surface area contributed by atoms with Gasteiger partial charge < -0.3 is 10.0 Å². The highest BCUT2D eigenvalue weighted by molar-refractivity contribution is 5.80. The number of rotatable bonds is 2. The summed E-state index contributed by atoms with van der Waals surface area (Å²) in [5, 5.41) is 8.95. The highest BCUT2D eigenvalue weighted by atomic mass is 16.4. The molecule has 1 amide bonds. The zero-order valence-electron chi connectivity index (χ0n) is 8.82. The van der Waals surface area contributed by atoms with Crippen LogP contribution in [0.25, 0.3) is 0 Å². The van der Waals surface area contributed by atoms with Gasteiger partial charge in [-0.1, -0.05) is 12.8 Å².